The number of piperidine rings is 1. The van der Waals surface area contributed by atoms with Crippen LogP contribution < -0.4 is 0 Å². The van der Waals surface area contributed by atoms with Crippen LogP contribution in [0.5, 0.6) is 0 Å². The second-order valence-corrected chi connectivity index (χ2v) is 7.05. The number of unbranched alkanes of at least 4 members (excludes halogenated alkanes) is 1. The lowest BCUT2D eigenvalue weighted by Gasteiger charge is -2.35. The fraction of sp³-hybridized carbons (Fsp3) is 0.944. The van der Waals surface area contributed by atoms with Gasteiger partial charge in [-0.25, -0.2) is 0 Å². The molecule has 0 radical (unpaired) electrons. The van der Waals surface area contributed by atoms with E-state index in [9.17, 15) is 4.79 Å². The standard InChI is InChI=1S/C18H34N2O2/c1-3-4-5-16(2)18(21)20-10-7-17(8-11-20)6-9-19-12-14-22-15-13-19/h16-17H,3-15H2,1-2H3/t16-/m1/s1. The van der Waals surface area contributed by atoms with E-state index in [0.717, 1.165) is 51.7 Å². The van der Waals surface area contributed by atoms with Crippen molar-refractivity contribution in [1.29, 1.82) is 0 Å². The minimum Gasteiger partial charge on any atom is -0.379 e. The van der Waals surface area contributed by atoms with Crippen LogP contribution in [0.1, 0.15) is 52.4 Å². The van der Waals surface area contributed by atoms with E-state index in [1.807, 2.05) is 0 Å². The highest BCUT2D eigenvalue weighted by Gasteiger charge is 2.26. The molecule has 0 bridgehead atoms. The molecule has 22 heavy (non-hydrogen) atoms. The van der Waals surface area contributed by atoms with E-state index < -0.39 is 0 Å². The number of amides is 1. The second kappa shape index (κ2) is 9.51. The van der Waals surface area contributed by atoms with E-state index in [2.05, 4.69) is 23.6 Å². The molecule has 0 aliphatic carbocycles. The maximum absolute atomic E-state index is 12.4. The van der Waals surface area contributed by atoms with Gasteiger partial charge in [-0.3, -0.25) is 9.69 Å². The first kappa shape index (κ1) is 17.7. The third-order valence-corrected chi connectivity index (χ3v) is 5.30. The van der Waals surface area contributed by atoms with E-state index in [1.165, 1.54) is 38.6 Å². The highest BCUT2D eigenvalue weighted by atomic mass is 16.5. The first-order chi connectivity index (χ1) is 10.7. The van der Waals surface area contributed by atoms with E-state index in [4.69, 9.17) is 4.74 Å². The number of hydrogen-bond donors (Lipinski definition) is 0. The first-order valence-electron chi connectivity index (χ1n) is 9.29. The molecule has 1 amide bonds. The number of morpholine rings is 1. The summed E-state index contributed by atoms with van der Waals surface area (Å²) in [5.41, 5.74) is 0. The van der Waals surface area contributed by atoms with Crippen LogP contribution in [0.15, 0.2) is 0 Å². The summed E-state index contributed by atoms with van der Waals surface area (Å²) >= 11 is 0. The molecule has 0 N–H and O–H groups in total. The van der Waals surface area contributed by atoms with Crippen molar-refractivity contribution in [2.45, 2.75) is 52.4 Å². The molecular weight excluding hydrogens is 276 g/mol. The lowest BCUT2D eigenvalue weighted by atomic mass is 9.92. The highest BCUT2D eigenvalue weighted by Crippen LogP contribution is 2.23. The summed E-state index contributed by atoms with van der Waals surface area (Å²) in [6.45, 7) is 11.4. The summed E-state index contributed by atoms with van der Waals surface area (Å²) in [4.78, 5) is 17.1. The van der Waals surface area contributed by atoms with Gasteiger partial charge >= 0.3 is 0 Å². The van der Waals surface area contributed by atoms with Crippen molar-refractivity contribution in [1.82, 2.24) is 9.80 Å². The fourth-order valence-electron chi connectivity index (χ4n) is 3.58. The van der Waals surface area contributed by atoms with E-state index >= 15 is 0 Å². The Balaban J connectivity index is 1.63. The number of carbonyl (C=O) groups excluding carboxylic acids is 1. The maximum Gasteiger partial charge on any atom is 0.225 e. The molecule has 0 aromatic carbocycles. The van der Waals surface area contributed by atoms with E-state index in [0.29, 0.717) is 5.91 Å². The molecule has 2 saturated heterocycles. The van der Waals surface area contributed by atoms with Gasteiger partial charge in [0.05, 0.1) is 13.2 Å². The molecule has 2 aliphatic heterocycles. The Kier molecular flexibility index (Phi) is 7.67. The van der Waals surface area contributed by atoms with Crippen LogP contribution in [0.25, 0.3) is 0 Å². The molecule has 4 heteroatoms. The van der Waals surface area contributed by atoms with Gasteiger partial charge in [0.25, 0.3) is 0 Å². The minimum absolute atomic E-state index is 0.213. The Hall–Kier alpha value is -0.610. The van der Waals surface area contributed by atoms with Crippen LogP contribution in [-0.4, -0.2) is 61.6 Å². The molecular formula is C18H34N2O2. The zero-order valence-electron chi connectivity index (χ0n) is 14.6. The lowest BCUT2D eigenvalue weighted by molar-refractivity contribution is -0.136. The Labute approximate surface area is 136 Å². The van der Waals surface area contributed by atoms with Gasteiger partial charge in [-0.15, -0.1) is 0 Å². The maximum atomic E-state index is 12.4. The lowest BCUT2D eigenvalue weighted by Crippen LogP contribution is -2.42. The van der Waals surface area contributed by atoms with Gasteiger partial charge < -0.3 is 9.64 Å². The van der Waals surface area contributed by atoms with E-state index in [-0.39, 0.29) is 5.92 Å². The van der Waals surface area contributed by atoms with Gasteiger partial charge in [-0.05, 0) is 38.1 Å². The van der Waals surface area contributed by atoms with Gasteiger partial charge in [-0.1, -0.05) is 26.7 Å². The Morgan fingerprint density at radius 1 is 1.18 bits per heavy atom. The predicted molar refractivity (Wildman–Crippen MR) is 89.9 cm³/mol. The highest BCUT2D eigenvalue weighted by molar-refractivity contribution is 5.78. The normalized spacial score (nSPS) is 22.7. The third kappa shape index (κ3) is 5.54. The summed E-state index contributed by atoms with van der Waals surface area (Å²) in [5, 5.41) is 0. The summed E-state index contributed by atoms with van der Waals surface area (Å²) in [7, 11) is 0. The van der Waals surface area contributed by atoms with Crippen LogP contribution in [0, 0.1) is 11.8 Å². The van der Waals surface area contributed by atoms with Gasteiger partial charge in [0.1, 0.15) is 0 Å². The van der Waals surface area contributed by atoms with Crippen LogP contribution >= 0.6 is 0 Å². The van der Waals surface area contributed by atoms with Gasteiger partial charge in [0.2, 0.25) is 5.91 Å². The molecule has 0 saturated carbocycles. The molecule has 128 valence electrons. The van der Waals surface area contributed by atoms with Crippen molar-refractivity contribution in [2.75, 3.05) is 45.9 Å². The number of rotatable bonds is 7. The second-order valence-electron chi connectivity index (χ2n) is 7.05. The van der Waals surface area contributed by atoms with Crippen LogP contribution in [0.4, 0.5) is 0 Å². The van der Waals surface area contributed by atoms with Crippen molar-refractivity contribution < 1.29 is 9.53 Å². The Bertz CT molecular complexity index is 321. The average Bonchev–Trinajstić information content (AvgIpc) is 2.58. The predicted octanol–water partition coefficient (Wildman–Crippen LogP) is 2.77. The van der Waals surface area contributed by atoms with Crippen LogP contribution in [-0.2, 0) is 9.53 Å². The zero-order chi connectivity index (χ0) is 15.8. The van der Waals surface area contributed by atoms with Crippen LogP contribution in [0.3, 0.4) is 0 Å². The fourth-order valence-corrected chi connectivity index (χ4v) is 3.58. The van der Waals surface area contributed by atoms with Gasteiger partial charge in [0, 0.05) is 32.1 Å². The first-order valence-corrected chi connectivity index (χ1v) is 9.29. The minimum atomic E-state index is 0.213. The van der Waals surface area contributed by atoms with Crippen molar-refractivity contribution >= 4 is 5.91 Å². The molecule has 2 fully saturated rings. The third-order valence-electron chi connectivity index (χ3n) is 5.30. The number of likely N-dealkylation sites (tertiary alicyclic amines) is 1. The van der Waals surface area contributed by atoms with Crippen molar-refractivity contribution in [2.24, 2.45) is 11.8 Å². The quantitative estimate of drug-likeness (QED) is 0.725. The summed E-state index contributed by atoms with van der Waals surface area (Å²) < 4.78 is 5.40. The Morgan fingerprint density at radius 3 is 2.50 bits per heavy atom. The molecule has 4 nitrogen and oxygen atoms in total. The monoisotopic (exact) mass is 310 g/mol. The SMILES string of the molecule is CCCC[C@@H](C)C(=O)N1CCC(CCN2CCOCC2)CC1. The van der Waals surface area contributed by atoms with Crippen molar-refractivity contribution in [3.63, 3.8) is 0 Å². The average molecular weight is 310 g/mol. The summed E-state index contributed by atoms with van der Waals surface area (Å²) in [6, 6.07) is 0. The topological polar surface area (TPSA) is 32.8 Å². The zero-order valence-corrected chi connectivity index (χ0v) is 14.6. The van der Waals surface area contributed by atoms with Gasteiger partial charge in [0.15, 0.2) is 0 Å². The smallest absolute Gasteiger partial charge is 0.225 e. The molecule has 0 unspecified atom stereocenters. The molecule has 0 aromatic heterocycles. The molecule has 2 aliphatic rings. The molecule has 2 heterocycles. The number of nitrogens with zero attached hydrogens (tertiary/aromatic N) is 2. The Morgan fingerprint density at radius 2 is 1.86 bits per heavy atom. The number of ether oxygens (including phenoxy) is 1. The van der Waals surface area contributed by atoms with Gasteiger partial charge in [-0.2, -0.15) is 0 Å². The van der Waals surface area contributed by atoms with Crippen molar-refractivity contribution in [3.05, 3.63) is 0 Å². The molecule has 0 aromatic rings. The molecule has 0 spiro atoms. The molecule has 1 atom stereocenters. The van der Waals surface area contributed by atoms with Crippen LogP contribution in [0.2, 0.25) is 0 Å². The number of hydrogen-bond acceptors (Lipinski definition) is 3. The largest absolute Gasteiger partial charge is 0.379 e. The summed E-state index contributed by atoms with van der Waals surface area (Å²) in [6.07, 6.45) is 7.07. The van der Waals surface area contributed by atoms with E-state index in [1.54, 1.807) is 0 Å². The van der Waals surface area contributed by atoms with Crippen molar-refractivity contribution in [3.8, 4) is 0 Å². The summed E-state index contributed by atoms with van der Waals surface area (Å²) in [5.74, 6) is 1.41. The number of carbonyl (C=O) groups is 1. The molecule has 2 rings (SSSR count).